The molecule has 2 rings (SSSR count). The van der Waals surface area contributed by atoms with E-state index in [2.05, 4.69) is 26.7 Å². The van der Waals surface area contributed by atoms with Crippen molar-refractivity contribution in [1.82, 2.24) is 4.72 Å². The third-order valence-corrected chi connectivity index (χ3v) is 5.47. The fourth-order valence-corrected chi connectivity index (χ4v) is 4.14. The van der Waals surface area contributed by atoms with Crippen LogP contribution >= 0.6 is 15.9 Å². The Morgan fingerprint density at radius 2 is 2.15 bits per heavy atom. The summed E-state index contributed by atoms with van der Waals surface area (Å²) in [5, 5.41) is 9.27. The first kappa shape index (κ1) is 15.3. The zero-order valence-corrected chi connectivity index (χ0v) is 13.6. The van der Waals surface area contributed by atoms with Gasteiger partial charge >= 0.3 is 0 Å². The Morgan fingerprint density at radius 3 is 2.65 bits per heavy atom. The van der Waals surface area contributed by atoms with E-state index in [1.807, 2.05) is 0 Å². The van der Waals surface area contributed by atoms with Crippen LogP contribution in [0.15, 0.2) is 27.6 Å². The first-order valence-electron chi connectivity index (χ1n) is 6.11. The molecule has 1 atom stereocenters. The van der Waals surface area contributed by atoms with Crippen LogP contribution in [0.1, 0.15) is 19.8 Å². The van der Waals surface area contributed by atoms with Crippen LogP contribution in [-0.2, 0) is 10.0 Å². The van der Waals surface area contributed by atoms with E-state index >= 15 is 0 Å². The Hall–Kier alpha value is -1.10. The number of halogens is 1. The molecule has 1 fully saturated rings. The molecular weight excluding hydrogens is 344 g/mol. The molecule has 0 aromatic heterocycles. The maximum atomic E-state index is 12.5. The summed E-state index contributed by atoms with van der Waals surface area (Å²) >= 11 is 3.24. The van der Waals surface area contributed by atoms with Gasteiger partial charge in [-0.1, -0.05) is 15.9 Å². The predicted octanol–water partition coefficient (Wildman–Crippen LogP) is 2.43. The smallest absolute Gasteiger partial charge is 0.245 e. The van der Waals surface area contributed by atoms with Gasteiger partial charge in [-0.05, 0) is 43.9 Å². The van der Waals surface area contributed by atoms with E-state index in [0.29, 0.717) is 4.47 Å². The summed E-state index contributed by atoms with van der Waals surface area (Å²) in [6.07, 6.45) is 1.73. The lowest BCUT2D eigenvalue weighted by molar-refractivity contribution is 0.400. The van der Waals surface area contributed by atoms with Crippen molar-refractivity contribution in [2.45, 2.75) is 30.2 Å². The third kappa shape index (κ3) is 2.97. The number of nitriles is 1. The highest BCUT2D eigenvalue weighted by Gasteiger charge is 2.45. The molecule has 1 aliphatic carbocycles. The molecule has 0 spiro atoms. The molecule has 1 aromatic rings. The molecule has 1 aromatic carbocycles. The maximum Gasteiger partial charge on any atom is 0.245 e. The van der Waals surface area contributed by atoms with E-state index in [0.717, 1.165) is 12.8 Å². The lowest BCUT2D eigenvalue weighted by Crippen LogP contribution is -2.46. The van der Waals surface area contributed by atoms with E-state index in [-0.39, 0.29) is 16.6 Å². The van der Waals surface area contributed by atoms with Gasteiger partial charge in [-0.3, -0.25) is 0 Å². The van der Waals surface area contributed by atoms with Crippen molar-refractivity contribution in [2.75, 3.05) is 7.11 Å². The average Bonchev–Trinajstić information content (AvgIpc) is 3.22. The Balaban J connectivity index is 2.40. The Morgan fingerprint density at radius 1 is 1.50 bits per heavy atom. The van der Waals surface area contributed by atoms with Gasteiger partial charge < -0.3 is 4.74 Å². The standard InChI is InChI=1S/C13H15BrN2O3S/c1-13(8-15,9-3-4-9)16-20(17,18)12-7-10(14)5-6-11(12)19-2/h5-7,9,16H,3-4H2,1-2H3/t13-/m0/s1. The van der Waals surface area contributed by atoms with Crippen LogP contribution in [0.25, 0.3) is 0 Å². The van der Waals surface area contributed by atoms with E-state index in [9.17, 15) is 13.7 Å². The van der Waals surface area contributed by atoms with Gasteiger partial charge in [0.1, 0.15) is 16.2 Å². The number of benzene rings is 1. The number of methoxy groups -OCH3 is 1. The second-order valence-electron chi connectivity index (χ2n) is 4.99. The van der Waals surface area contributed by atoms with Gasteiger partial charge in [-0.25, -0.2) is 8.42 Å². The highest BCUT2D eigenvalue weighted by atomic mass is 79.9. The van der Waals surface area contributed by atoms with Crippen LogP contribution in [-0.4, -0.2) is 21.1 Å². The van der Waals surface area contributed by atoms with Gasteiger partial charge in [-0.15, -0.1) is 0 Å². The highest BCUT2D eigenvalue weighted by molar-refractivity contribution is 9.10. The van der Waals surface area contributed by atoms with Crippen LogP contribution < -0.4 is 9.46 Å². The number of ether oxygens (including phenoxy) is 1. The molecule has 5 nitrogen and oxygen atoms in total. The number of hydrogen-bond acceptors (Lipinski definition) is 4. The normalized spacial score (nSPS) is 18.1. The molecule has 0 aliphatic heterocycles. The number of rotatable bonds is 5. The molecule has 0 unspecified atom stereocenters. The second kappa shape index (κ2) is 5.35. The molecule has 0 heterocycles. The van der Waals surface area contributed by atoms with Crippen LogP contribution in [0, 0.1) is 17.2 Å². The van der Waals surface area contributed by atoms with Crippen molar-refractivity contribution in [3.8, 4) is 11.8 Å². The van der Waals surface area contributed by atoms with Gasteiger partial charge in [0, 0.05) is 4.47 Å². The van der Waals surface area contributed by atoms with Crippen molar-refractivity contribution in [1.29, 1.82) is 5.26 Å². The fraction of sp³-hybridized carbons (Fsp3) is 0.462. The van der Waals surface area contributed by atoms with Crippen molar-refractivity contribution in [3.63, 3.8) is 0 Å². The first-order chi connectivity index (χ1) is 9.32. The summed E-state index contributed by atoms with van der Waals surface area (Å²) in [5.41, 5.74) is -1.08. The van der Waals surface area contributed by atoms with Crippen LogP contribution in [0.4, 0.5) is 0 Å². The number of sulfonamides is 1. The molecule has 20 heavy (non-hydrogen) atoms. The summed E-state index contributed by atoms with van der Waals surface area (Å²) in [4.78, 5) is 0.0245. The van der Waals surface area contributed by atoms with Gasteiger partial charge in [-0.2, -0.15) is 9.98 Å². The second-order valence-corrected chi connectivity index (χ2v) is 7.56. The third-order valence-electron chi connectivity index (χ3n) is 3.39. The molecule has 0 bridgehead atoms. The summed E-state index contributed by atoms with van der Waals surface area (Å²) in [7, 11) is -2.42. The number of nitrogens with zero attached hydrogens (tertiary/aromatic N) is 1. The summed E-state index contributed by atoms with van der Waals surface area (Å²) in [6.45, 7) is 1.62. The largest absolute Gasteiger partial charge is 0.495 e. The van der Waals surface area contributed by atoms with Crippen molar-refractivity contribution in [3.05, 3.63) is 22.7 Å². The van der Waals surface area contributed by atoms with Gasteiger partial charge in [0.05, 0.1) is 13.2 Å². The highest BCUT2D eigenvalue weighted by Crippen LogP contribution is 2.40. The van der Waals surface area contributed by atoms with Crippen LogP contribution in [0.3, 0.4) is 0 Å². The maximum absolute atomic E-state index is 12.5. The molecular formula is C13H15BrN2O3S. The Bertz CT molecular complexity index is 665. The Kier molecular flexibility index (Phi) is 4.09. The zero-order valence-electron chi connectivity index (χ0n) is 11.2. The van der Waals surface area contributed by atoms with E-state index in [1.165, 1.54) is 13.2 Å². The van der Waals surface area contributed by atoms with E-state index < -0.39 is 15.6 Å². The lowest BCUT2D eigenvalue weighted by Gasteiger charge is -2.23. The minimum atomic E-state index is -3.83. The Labute approximate surface area is 127 Å². The average molecular weight is 359 g/mol. The molecule has 1 N–H and O–H groups in total. The predicted molar refractivity (Wildman–Crippen MR) is 77.8 cm³/mol. The van der Waals surface area contributed by atoms with E-state index in [4.69, 9.17) is 4.74 Å². The summed E-state index contributed by atoms with van der Waals surface area (Å²) in [5.74, 6) is 0.317. The van der Waals surface area contributed by atoms with Crippen LogP contribution in [0.5, 0.6) is 5.75 Å². The number of hydrogen-bond donors (Lipinski definition) is 1. The van der Waals surface area contributed by atoms with E-state index in [1.54, 1.807) is 19.1 Å². The number of nitrogens with one attached hydrogen (secondary N) is 1. The van der Waals surface area contributed by atoms with Gasteiger partial charge in [0.15, 0.2) is 0 Å². The van der Waals surface area contributed by atoms with Crippen molar-refractivity contribution in [2.24, 2.45) is 5.92 Å². The fourth-order valence-electron chi connectivity index (χ4n) is 2.05. The molecule has 1 aliphatic rings. The van der Waals surface area contributed by atoms with Gasteiger partial charge in [0.2, 0.25) is 10.0 Å². The van der Waals surface area contributed by atoms with Crippen molar-refractivity contribution < 1.29 is 13.2 Å². The zero-order chi connectivity index (χ0) is 15.0. The van der Waals surface area contributed by atoms with Crippen LogP contribution in [0.2, 0.25) is 0 Å². The molecule has 0 amide bonds. The van der Waals surface area contributed by atoms with Crippen molar-refractivity contribution >= 4 is 26.0 Å². The monoisotopic (exact) mass is 358 g/mol. The molecule has 1 saturated carbocycles. The first-order valence-corrected chi connectivity index (χ1v) is 8.39. The minimum Gasteiger partial charge on any atom is -0.495 e. The molecule has 0 saturated heterocycles. The molecule has 0 radical (unpaired) electrons. The van der Waals surface area contributed by atoms with Gasteiger partial charge in [0.25, 0.3) is 0 Å². The SMILES string of the molecule is COc1ccc(Br)cc1S(=O)(=O)N[C@@](C)(C#N)C1CC1. The lowest BCUT2D eigenvalue weighted by atomic mass is 10.0. The minimum absolute atomic E-state index is 0.0245. The summed E-state index contributed by atoms with van der Waals surface area (Å²) < 4.78 is 33.2. The molecule has 108 valence electrons. The molecule has 7 heteroatoms. The topological polar surface area (TPSA) is 79.2 Å². The summed E-state index contributed by atoms with van der Waals surface area (Å²) in [6, 6.07) is 6.81. The quantitative estimate of drug-likeness (QED) is 0.876.